The standard InChI is InChI=1S/C34H36N2O6/c1-39-20-21-41-34(38)29(17-15-26-16-18-31(40-2)32(23-26)42-28-13-6-7-14-28)30(22-25-10-4-3-5-11-25)33(37)36-24-27-12-8-9-19-35-27/h3-5,8-12,15-16,18-19,22-23,28H,6-7,13-14,20-21,24H2,1-2H3,(H,36,37)/b30-22+. The van der Waals surface area contributed by atoms with Crippen molar-refractivity contribution in [2.24, 2.45) is 0 Å². The Bertz CT molecular complexity index is 1420. The van der Waals surface area contributed by atoms with Gasteiger partial charge in [0.15, 0.2) is 11.5 Å². The molecule has 0 radical (unpaired) electrons. The fourth-order valence-electron chi connectivity index (χ4n) is 4.49. The van der Waals surface area contributed by atoms with E-state index in [1.165, 1.54) is 7.11 Å². The van der Waals surface area contributed by atoms with Crippen LogP contribution in [0.4, 0.5) is 0 Å². The van der Waals surface area contributed by atoms with Gasteiger partial charge in [-0.05, 0) is 73.2 Å². The first-order chi connectivity index (χ1) is 20.6. The number of amides is 1. The van der Waals surface area contributed by atoms with Gasteiger partial charge < -0.3 is 24.3 Å². The summed E-state index contributed by atoms with van der Waals surface area (Å²) in [6.45, 7) is 0.422. The summed E-state index contributed by atoms with van der Waals surface area (Å²) in [6, 6.07) is 20.2. The summed E-state index contributed by atoms with van der Waals surface area (Å²) < 4.78 is 22.2. The number of rotatable bonds is 13. The lowest BCUT2D eigenvalue weighted by Crippen LogP contribution is -2.28. The van der Waals surface area contributed by atoms with Gasteiger partial charge in [0.25, 0.3) is 5.91 Å². The molecule has 1 amide bonds. The topological polar surface area (TPSA) is 96.0 Å². The van der Waals surface area contributed by atoms with Crippen molar-refractivity contribution in [2.75, 3.05) is 27.4 Å². The summed E-state index contributed by atoms with van der Waals surface area (Å²) in [5, 5.41) is 2.87. The quantitative estimate of drug-likeness (QED) is 0.0951. The molecule has 0 unspecified atom stereocenters. The largest absolute Gasteiger partial charge is 0.493 e. The van der Waals surface area contributed by atoms with Crippen LogP contribution in [0.2, 0.25) is 0 Å². The molecule has 0 atom stereocenters. The molecule has 8 heteroatoms. The number of esters is 1. The zero-order valence-electron chi connectivity index (χ0n) is 24.0. The second-order valence-corrected chi connectivity index (χ2v) is 9.70. The average Bonchev–Trinajstić information content (AvgIpc) is 3.54. The lowest BCUT2D eigenvalue weighted by atomic mass is 10.0. The normalized spacial score (nSPS) is 13.1. The summed E-state index contributed by atoms with van der Waals surface area (Å²) in [4.78, 5) is 31.2. The Kier molecular flexibility index (Phi) is 11.5. The maximum absolute atomic E-state index is 13.6. The van der Waals surface area contributed by atoms with Crippen LogP contribution in [-0.4, -0.2) is 50.4 Å². The van der Waals surface area contributed by atoms with Crippen LogP contribution in [0.25, 0.3) is 12.2 Å². The van der Waals surface area contributed by atoms with Crippen LogP contribution in [-0.2, 0) is 25.6 Å². The SMILES string of the molecule is COCCOC(=O)C(=C=Cc1ccc(OC)c(OC2CCCC2)c1)/C(=C\c1ccccc1)C(=O)NCc1ccccn1. The number of carbonyl (C=O) groups is 2. The molecule has 1 aromatic heterocycles. The molecule has 1 saturated carbocycles. The van der Waals surface area contributed by atoms with Gasteiger partial charge in [-0.25, -0.2) is 4.79 Å². The molecule has 0 saturated heterocycles. The Morgan fingerprint density at radius 2 is 1.74 bits per heavy atom. The summed E-state index contributed by atoms with van der Waals surface area (Å²) >= 11 is 0. The van der Waals surface area contributed by atoms with Crippen molar-refractivity contribution in [3.8, 4) is 11.5 Å². The van der Waals surface area contributed by atoms with Gasteiger partial charge in [0.05, 0.1) is 37.6 Å². The Balaban J connectivity index is 1.73. The van der Waals surface area contributed by atoms with Crippen molar-refractivity contribution >= 4 is 24.0 Å². The second-order valence-electron chi connectivity index (χ2n) is 9.70. The molecule has 1 fully saturated rings. The number of benzene rings is 2. The predicted octanol–water partition coefficient (Wildman–Crippen LogP) is 5.54. The summed E-state index contributed by atoms with van der Waals surface area (Å²) in [5.74, 6) is 0.0802. The number of nitrogens with one attached hydrogen (secondary N) is 1. The molecule has 8 nitrogen and oxygen atoms in total. The van der Waals surface area contributed by atoms with Gasteiger partial charge in [0.1, 0.15) is 12.2 Å². The van der Waals surface area contributed by atoms with Crippen LogP contribution in [0.1, 0.15) is 42.5 Å². The van der Waals surface area contributed by atoms with E-state index >= 15 is 0 Å². The maximum Gasteiger partial charge on any atom is 0.346 e. The van der Waals surface area contributed by atoms with Crippen LogP contribution >= 0.6 is 0 Å². The van der Waals surface area contributed by atoms with E-state index in [9.17, 15) is 9.59 Å². The number of methoxy groups -OCH3 is 2. The number of carbonyl (C=O) groups excluding carboxylic acids is 2. The van der Waals surface area contributed by atoms with Gasteiger partial charge in [-0.1, -0.05) is 42.5 Å². The average molecular weight is 569 g/mol. The van der Waals surface area contributed by atoms with E-state index in [-0.39, 0.29) is 37.0 Å². The number of hydrogen-bond acceptors (Lipinski definition) is 7. The highest BCUT2D eigenvalue weighted by molar-refractivity contribution is 6.12. The van der Waals surface area contributed by atoms with E-state index in [0.717, 1.165) is 36.8 Å². The third-order valence-corrected chi connectivity index (χ3v) is 6.67. The van der Waals surface area contributed by atoms with E-state index < -0.39 is 11.9 Å². The fourth-order valence-corrected chi connectivity index (χ4v) is 4.49. The Morgan fingerprint density at radius 1 is 0.952 bits per heavy atom. The molecule has 3 aromatic rings. The van der Waals surface area contributed by atoms with Gasteiger partial charge >= 0.3 is 5.97 Å². The number of pyridine rings is 1. The third kappa shape index (κ3) is 8.93. The van der Waals surface area contributed by atoms with Gasteiger partial charge in [-0.2, -0.15) is 0 Å². The highest BCUT2D eigenvalue weighted by Crippen LogP contribution is 2.33. The number of aromatic nitrogens is 1. The highest BCUT2D eigenvalue weighted by atomic mass is 16.6. The molecule has 0 aliphatic heterocycles. The molecule has 0 spiro atoms. The lowest BCUT2D eigenvalue weighted by molar-refractivity contribution is -0.140. The molecule has 4 rings (SSSR count). The minimum atomic E-state index is -0.700. The molecule has 1 aliphatic rings. The first-order valence-electron chi connectivity index (χ1n) is 14.0. The van der Waals surface area contributed by atoms with Gasteiger partial charge in [-0.15, -0.1) is 5.73 Å². The molecular formula is C34H36N2O6. The molecule has 218 valence electrons. The van der Waals surface area contributed by atoms with E-state index in [0.29, 0.717) is 17.2 Å². The fraction of sp³-hybridized carbons (Fsp3) is 0.294. The zero-order valence-corrected chi connectivity index (χ0v) is 24.0. The monoisotopic (exact) mass is 568 g/mol. The minimum absolute atomic E-state index is 0.0244. The minimum Gasteiger partial charge on any atom is -0.493 e. The van der Waals surface area contributed by atoms with Crippen molar-refractivity contribution in [1.82, 2.24) is 10.3 Å². The van der Waals surface area contributed by atoms with Crippen molar-refractivity contribution in [3.05, 3.63) is 107 Å². The summed E-state index contributed by atoms with van der Waals surface area (Å²) in [5.41, 5.74) is 5.27. The van der Waals surface area contributed by atoms with Crippen LogP contribution in [0, 0.1) is 0 Å². The van der Waals surface area contributed by atoms with Crippen molar-refractivity contribution < 1.29 is 28.5 Å². The van der Waals surface area contributed by atoms with Crippen LogP contribution in [0.15, 0.2) is 89.8 Å². The maximum atomic E-state index is 13.6. The lowest BCUT2D eigenvalue weighted by Gasteiger charge is -2.16. The number of hydrogen-bond donors (Lipinski definition) is 1. The third-order valence-electron chi connectivity index (χ3n) is 6.67. The van der Waals surface area contributed by atoms with Crippen molar-refractivity contribution in [2.45, 2.75) is 38.3 Å². The van der Waals surface area contributed by atoms with E-state index in [1.807, 2.05) is 60.7 Å². The second kappa shape index (κ2) is 16.0. The molecule has 42 heavy (non-hydrogen) atoms. The molecule has 2 aromatic carbocycles. The Labute approximate surface area is 246 Å². The summed E-state index contributed by atoms with van der Waals surface area (Å²) in [7, 11) is 3.12. The molecule has 1 N–H and O–H groups in total. The van der Waals surface area contributed by atoms with Gasteiger partial charge in [-0.3, -0.25) is 9.78 Å². The Hall–Kier alpha value is -4.65. The predicted molar refractivity (Wildman–Crippen MR) is 161 cm³/mol. The van der Waals surface area contributed by atoms with E-state index in [2.05, 4.69) is 16.0 Å². The van der Waals surface area contributed by atoms with Crippen LogP contribution < -0.4 is 14.8 Å². The zero-order chi connectivity index (χ0) is 29.6. The van der Waals surface area contributed by atoms with Crippen LogP contribution in [0.5, 0.6) is 11.5 Å². The van der Waals surface area contributed by atoms with Gasteiger partial charge in [0, 0.05) is 13.3 Å². The van der Waals surface area contributed by atoms with Gasteiger partial charge in [0.2, 0.25) is 0 Å². The van der Waals surface area contributed by atoms with Crippen molar-refractivity contribution in [1.29, 1.82) is 0 Å². The first-order valence-corrected chi connectivity index (χ1v) is 14.0. The highest BCUT2D eigenvalue weighted by Gasteiger charge is 2.23. The molecule has 1 heterocycles. The Morgan fingerprint density at radius 3 is 2.45 bits per heavy atom. The number of nitrogens with zero attached hydrogens (tertiary/aromatic N) is 1. The van der Waals surface area contributed by atoms with E-state index in [1.54, 1.807) is 31.5 Å². The smallest absolute Gasteiger partial charge is 0.346 e. The van der Waals surface area contributed by atoms with E-state index in [4.69, 9.17) is 18.9 Å². The summed E-state index contributed by atoms with van der Waals surface area (Å²) in [6.07, 6.45) is 9.37. The molecular weight excluding hydrogens is 532 g/mol. The first kappa shape index (κ1) is 30.3. The van der Waals surface area contributed by atoms with Crippen molar-refractivity contribution in [3.63, 3.8) is 0 Å². The van der Waals surface area contributed by atoms with Crippen LogP contribution in [0.3, 0.4) is 0 Å². The number of ether oxygens (including phenoxy) is 4. The molecule has 1 aliphatic carbocycles. The molecule has 0 bridgehead atoms.